The summed E-state index contributed by atoms with van der Waals surface area (Å²) in [5, 5.41) is 6.56. The average molecular weight is 408 g/mol. The number of aryl methyl sites for hydroxylation is 1. The third-order valence-corrected chi connectivity index (χ3v) is 5.75. The first-order valence-corrected chi connectivity index (χ1v) is 10.8. The zero-order valence-electron chi connectivity index (χ0n) is 16.6. The number of ether oxygens (including phenoxy) is 1. The number of hydrogen-bond donors (Lipinski definition) is 1. The van der Waals surface area contributed by atoms with Crippen LogP contribution in [-0.4, -0.2) is 17.4 Å². The minimum absolute atomic E-state index is 0.224. The minimum atomic E-state index is 0.224. The number of hydrogen-bond acceptors (Lipinski definition) is 5. The second-order valence-electron chi connectivity index (χ2n) is 7.21. The van der Waals surface area contributed by atoms with E-state index in [4.69, 9.17) is 4.74 Å². The lowest BCUT2D eigenvalue weighted by atomic mass is 10.1. The number of anilines is 1. The van der Waals surface area contributed by atoms with E-state index in [0.29, 0.717) is 13.0 Å². The SMILES string of the molecule is Cc1nc(COc2ccc(CNCc3cccc(N4CCCC4=O)c3)cc2)cs1. The molecule has 0 saturated carbocycles. The van der Waals surface area contributed by atoms with Crippen molar-refractivity contribution in [3.05, 3.63) is 75.7 Å². The Kier molecular flexibility index (Phi) is 6.22. The van der Waals surface area contributed by atoms with Gasteiger partial charge in [-0.1, -0.05) is 24.3 Å². The molecule has 1 amide bonds. The van der Waals surface area contributed by atoms with Gasteiger partial charge in [-0.2, -0.15) is 0 Å². The summed E-state index contributed by atoms with van der Waals surface area (Å²) < 4.78 is 5.80. The molecule has 1 N–H and O–H groups in total. The first-order chi connectivity index (χ1) is 14.2. The summed E-state index contributed by atoms with van der Waals surface area (Å²) in [5.74, 6) is 1.07. The molecule has 0 aliphatic carbocycles. The van der Waals surface area contributed by atoms with Gasteiger partial charge in [0.2, 0.25) is 5.91 Å². The number of nitrogens with zero attached hydrogens (tertiary/aromatic N) is 2. The first kappa shape index (κ1) is 19.6. The van der Waals surface area contributed by atoms with Gasteiger partial charge < -0.3 is 15.0 Å². The molecule has 6 heteroatoms. The smallest absolute Gasteiger partial charge is 0.227 e. The molecule has 0 radical (unpaired) electrons. The van der Waals surface area contributed by atoms with Crippen LogP contribution >= 0.6 is 11.3 Å². The Bertz CT molecular complexity index is 968. The summed E-state index contributed by atoms with van der Waals surface area (Å²) in [6.07, 6.45) is 1.61. The Balaban J connectivity index is 1.26. The molecule has 1 aromatic heterocycles. The summed E-state index contributed by atoms with van der Waals surface area (Å²) in [6.45, 7) is 4.86. The molecule has 0 spiro atoms. The van der Waals surface area contributed by atoms with Crippen molar-refractivity contribution in [1.82, 2.24) is 10.3 Å². The van der Waals surface area contributed by atoms with E-state index in [1.54, 1.807) is 11.3 Å². The van der Waals surface area contributed by atoms with Gasteiger partial charge in [0.05, 0.1) is 10.7 Å². The van der Waals surface area contributed by atoms with Crippen LogP contribution in [0.15, 0.2) is 53.9 Å². The molecule has 1 saturated heterocycles. The summed E-state index contributed by atoms with van der Waals surface area (Å²) in [4.78, 5) is 18.2. The highest BCUT2D eigenvalue weighted by molar-refractivity contribution is 7.09. The standard InChI is InChI=1S/C23H25N3O2S/c1-17-25-20(16-29-17)15-28-22-9-7-18(8-10-22)13-24-14-19-4-2-5-21(12-19)26-11-3-6-23(26)27/h2,4-5,7-10,12,16,24H,3,6,11,13-15H2,1H3. The van der Waals surface area contributed by atoms with E-state index < -0.39 is 0 Å². The van der Waals surface area contributed by atoms with Crippen LogP contribution in [0.5, 0.6) is 5.75 Å². The normalized spacial score (nSPS) is 13.8. The van der Waals surface area contributed by atoms with Gasteiger partial charge in [-0.3, -0.25) is 4.79 Å². The fourth-order valence-corrected chi connectivity index (χ4v) is 4.04. The number of aromatic nitrogens is 1. The fraction of sp³-hybridized carbons (Fsp3) is 0.304. The maximum absolute atomic E-state index is 11.9. The van der Waals surface area contributed by atoms with Gasteiger partial charge in [0.1, 0.15) is 12.4 Å². The molecule has 3 aromatic rings. The topological polar surface area (TPSA) is 54.5 Å². The number of nitrogens with one attached hydrogen (secondary N) is 1. The van der Waals surface area contributed by atoms with Crippen molar-refractivity contribution >= 4 is 22.9 Å². The monoisotopic (exact) mass is 407 g/mol. The number of benzene rings is 2. The zero-order valence-corrected chi connectivity index (χ0v) is 17.4. The van der Waals surface area contributed by atoms with Crippen LogP contribution < -0.4 is 15.0 Å². The van der Waals surface area contributed by atoms with Gasteiger partial charge >= 0.3 is 0 Å². The highest BCUT2D eigenvalue weighted by Gasteiger charge is 2.21. The molecule has 1 aliphatic rings. The second-order valence-corrected chi connectivity index (χ2v) is 8.28. The minimum Gasteiger partial charge on any atom is -0.487 e. The number of carbonyl (C=O) groups is 1. The molecular weight excluding hydrogens is 382 g/mol. The van der Waals surface area contributed by atoms with Gasteiger partial charge in [0, 0.05) is 37.1 Å². The average Bonchev–Trinajstić information content (AvgIpc) is 3.35. The van der Waals surface area contributed by atoms with E-state index in [2.05, 4.69) is 34.6 Å². The molecule has 0 unspecified atom stereocenters. The van der Waals surface area contributed by atoms with Crippen molar-refractivity contribution < 1.29 is 9.53 Å². The third-order valence-electron chi connectivity index (χ3n) is 4.93. The predicted octanol–water partition coefficient (Wildman–Crippen LogP) is 4.45. The number of thiazole rings is 1. The summed E-state index contributed by atoms with van der Waals surface area (Å²) in [7, 11) is 0. The largest absolute Gasteiger partial charge is 0.487 e. The maximum Gasteiger partial charge on any atom is 0.227 e. The maximum atomic E-state index is 11.9. The van der Waals surface area contributed by atoms with Gasteiger partial charge in [0.15, 0.2) is 0 Å². The Morgan fingerprint density at radius 3 is 2.69 bits per heavy atom. The van der Waals surface area contributed by atoms with Crippen molar-refractivity contribution in [2.24, 2.45) is 0 Å². The van der Waals surface area contributed by atoms with Crippen LogP contribution in [0, 0.1) is 6.92 Å². The number of carbonyl (C=O) groups excluding carboxylic acids is 1. The number of amides is 1. The Morgan fingerprint density at radius 1 is 1.14 bits per heavy atom. The van der Waals surface area contributed by atoms with Crippen LogP contribution in [0.4, 0.5) is 5.69 Å². The van der Waals surface area contributed by atoms with Crippen LogP contribution in [-0.2, 0) is 24.5 Å². The Labute approximate surface area is 175 Å². The summed E-state index contributed by atoms with van der Waals surface area (Å²) >= 11 is 1.64. The van der Waals surface area contributed by atoms with Crippen molar-refractivity contribution in [3.63, 3.8) is 0 Å². The van der Waals surface area contributed by atoms with E-state index in [1.165, 1.54) is 11.1 Å². The molecule has 150 valence electrons. The van der Waals surface area contributed by atoms with E-state index in [-0.39, 0.29) is 5.91 Å². The molecular formula is C23H25N3O2S. The van der Waals surface area contributed by atoms with Crippen molar-refractivity contribution in [1.29, 1.82) is 0 Å². The van der Waals surface area contributed by atoms with Crippen LogP contribution in [0.3, 0.4) is 0 Å². The zero-order chi connectivity index (χ0) is 20.1. The first-order valence-electron chi connectivity index (χ1n) is 9.90. The van der Waals surface area contributed by atoms with Crippen molar-refractivity contribution in [3.8, 4) is 5.75 Å². The molecule has 29 heavy (non-hydrogen) atoms. The van der Waals surface area contributed by atoms with Crippen molar-refractivity contribution in [2.75, 3.05) is 11.4 Å². The molecule has 2 aromatic carbocycles. The molecule has 2 heterocycles. The lowest BCUT2D eigenvalue weighted by molar-refractivity contribution is -0.117. The lowest BCUT2D eigenvalue weighted by Crippen LogP contribution is -2.23. The van der Waals surface area contributed by atoms with E-state index in [1.807, 2.05) is 41.5 Å². The second kappa shape index (κ2) is 9.20. The molecule has 0 atom stereocenters. The van der Waals surface area contributed by atoms with Gasteiger partial charge in [-0.15, -0.1) is 11.3 Å². The van der Waals surface area contributed by atoms with Gasteiger partial charge in [0.25, 0.3) is 0 Å². The molecule has 5 nitrogen and oxygen atoms in total. The van der Waals surface area contributed by atoms with Crippen LogP contribution in [0.2, 0.25) is 0 Å². The Hall–Kier alpha value is -2.70. The lowest BCUT2D eigenvalue weighted by Gasteiger charge is -2.16. The van der Waals surface area contributed by atoms with E-state index >= 15 is 0 Å². The molecule has 1 aliphatic heterocycles. The summed E-state index contributed by atoms with van der Waals surface area (Å²) in [6, 6.07) is 16.4. The fourth-order valence-electron chi connectivity index (χ4n) is 3.44. The summed E-state index contributed by atoms with van der Waals surface area (Å²) in [5.41, 5.74) is 4.35. The quantitative estimate of drug-likeness (QED) is 0.600. The molecule has 4 rings (SSSR count). The van der Waals surface area contributed by atoms with Gasteiger partial charge in [-0.25, -0.2) is 4.98 Å². The van der Waals surface area contributed by atoms with Crippen molar-refractivity contribution in [2.45, 2.75) is 39.5 Å². The third kappa shape index (κ3) is 5.22. The van der Waals surface area contributed by atoms with E-state index in [9.17, 15) is 4.79 Å². The van der Waals surface area contributed by atoms with Gasteiger partial charge in [-0.05, 0) is 48.7 Å². The Morgan fingerprint density at radius 2 is 1.97 bits per heavy atom. The van der Waals surface area contributed by atoms with Crippen LogP contribution in [0.1, 0.15) is 34.7 Å². The highest BCUT2D eigenvalue weighted by Crippen LogP contribution is 2.22. The van der Waals surface area contributed by atoms with Crippen LogP contribution in [0.25, 0.3) is 0 Å². The molecule has 0 bridgehead atoms. The predicted molar refractivity (Wildman–Crippen MR) is 116 cm³/mol. The molecule has 1 fully saturated rings. The van der Waals surface area contributed by atoms with E-state index in [0.717, 1.165) is 48.2 Å². The number of rotatable bonds is 8. The highest BCUT2D eigenvalue weighted by atomic mass is 32.1.